The van der Waals surface area contributed by atoms with Crippen LogP contribution in [0.3, 0.4) is 0 Å². The van der Waals surface area contributed by atoms with Gasteiger partial charge in [0.15, 0.2) is 0 Å². The van der Waals surface area contributed by atoms with Crippen LogP contribution in [0.2, 0.25) is 0 Å². The molecular weight excluding hydrogens is 758 g/mol. The minimum absolute atomic E-state index is 0.0878. The van der Waals surface area contributed by atoms with Crippen LogP contribution in [0.15, 0.2) is 24.3 Å². The van der Waals surface area contributed by atoms with Crippen molar-refractivity contribution in [3.05, 3.63) is 24.3 Å². The largest absolute Gasteiger partial charge is 0.472 e. The van der Waals surface area contributed by atoms with Gasteiger partial charge in [-0.3, -0.25) is 13.8 Å². The molecule has 0 aliphatic heterocycles. The highest BCUT2D eigenvalue weighted by Crippen LogP contribution is 2.43. The number of carbonyl (C=O) groups is 1. The summed E-state index contributed by atoms with van der Waals surface area (Å²) < 4.78 is 35.1. The van der Waals surface area contributed by atoms with Crippen molar-refractivity contribution in [3.63, 3.8) is 0 Å². The van der Waals surface area contributed by atoms with Crippen LogP contribution in [-0.2, 0) is 27.9 Å². The number of rotatable bonds is 47. The van der Waals surface area contributed by atoms with E-state index in [4.69, 9.17) is 18.5 Å². The Morgan fingerprint density at radius 2 is 0.949 bits per heavy atom. The molecule has 0 saturated heterocycles. The summed E-state index contributed by atoms with van der Waals surface area (Å²) in [5.74, 6) is -0.324. The van der Waals surface area contributed by atoms with E-state index >= 15 is 0 Å². The number of unbranched alkanes of at least 4 members (excludes halogenated alkanes) is 29. The molecule has 0 aromatic rings. The highest BCUT2D eigenvalue weighted by atomic mass is 31.2. The van der Waals surface area contributed by atoms with Crippen LogP contribution in [0.4, 0.5) is 0 Å². The summed E-state index contributed by atoms with van der Waals surface area (Å²) in [6.07, 6.45) is 50.8. The normalized spacial score (nSPS) is 13.8. The molecule has 0 rings (SSSR count). The average Bonchev–Trinajstić information content (AvgIpc) is 3.19. The molecule has 0 aliphatic carbocycles. The van der Waals surface area contributed by atoms with Gasteiger partial charge in [0.05, 0.1) is 34.4 Å². The lowest BCUT2D eigenvalue weighted by atomic mass is 10.0. The van der Waals surface area contributed by atoms with Crippen molar-refractivity contribution in [1.29, 1.82) is 0 Å². The second kappa shape index (κ2) is 43.6. The third-order valence-electron chi connectivity index (χ3n) is 11.0. The molecule has 0 aromatic heterocycles. The van der Waals surface area contributed by atoms with Crippen molar-refractivity contribution in [2.24, 2.45) is 0 Å². The van der Waals surface area contributed by atoms with E-state index in [1.807, 2.05) is 21.1 Å². The summed E-state index contributed by atoms with van der Waals surface area (Å²) in [6, 6.07) is 0. The number of ether oxygens (including phenoxy) is 2. The summed E-state index contributed by atoms with van der Waals surface area (Å²) in [6.45, 7) is 5.61. The summed E-state index contributed by atoms with van der Waals surface area (Å²) >= 11 is 0. The Bertz CT molecular complexity index is 998. The zero-order valence-corrected chi connectivity index (χ0v) is 40.6. The number of hydrogen-bond acceptors (Lipinski definition) is 6. The van der Waals surface area contributed by atoms with Gasteiger partial charge in [0.2, 0.25) is 0 Å². The van der Waals surface area contributed by atoms with Crippen molar-refractivity contribution < 1.29 is 37.3 Å². The lowest BCUT2D eigenvalue weighted by molar-refractivity contribution is -0.870. The maximum Gasteiger partial charge on any atom is 0.472 e. The number of allylic oxidation sites excluding steroid dienone is 4. The second-order valence-electron chi connectivity index (χ2n) is 18.2. The monoisotopic (exact) mass is 857 g/mol. The number of phosphoric acid groups is 1. The SMILES string of the molecule is CCCC/C=C\C/C=C\CCCCCCCC(=O)OC(COCCCCCCCCCCCCCCCCCCCCCCCCC)COP(=O)(O)OCC[N+](C)(C)C. The zero-order chi connectivity index (χ0) is 43.4. The number of quaternary nitrogens is 1. The fourth-order valence-corrected chi connectivity index (χ4v) is 7.84. The Morgan fingerprint density at radius 1 is 0.525 bits per heavy atom. The smallest absolute Gasteiger partial charge is 0.457 e. The van der Waals surface area contributed by atoms with Crippen molar-refractivity contribution in [3.8, 4) is 0 Å². The van der Waals surface area contributed by atoms with E-state index in [-0.39, 0.29) is 25.8 Å². The van der Waals surface area contributed by atoms with E-state index in [1.54, 1.807) is 0 Å². The molecule has 0 radical (unpaired) electrons. The summed E-state index contributed by atoms with van der Waals surface area (Å²) in [7, 11) is 1.67. The number of hydrogen-bond donors (Lipinski definition) is 1. The molecule has 0 bridgehead atoms. The predicted octanol–water partition coefficient (Wildman–Crippen LogP) is 15.2. The van der Waals surface area contributed by atoms with Gasteiger partial charge in [-0.05, 0) is 38.5 Å². The molecule has 8 nitrogen and oxygen atoms in total. The topological polar surface area (TPSA) is 91.3 Å². The van der Waals surface area contributed by atoms with Crippen LogP contribution in [0.5, 0.6) is 0 Å². The summed E-state index contributed by atoms with van der Waals surface area (Å²) in [4.78, 5) is 22.9. The molecule has 0 aromatic carbocycles. The van der Waals surface area contributed by atoms with Gasteiger partial charge in [-0.15, -0.1) is 0 Å². The quantitative estimate of drug-likeness (QED) is 0.0214. The van der Waals surface area contributed by atoms with Gasteiger partial charge < -0.3 is 18.9 Å². The van der Waals surface area contributed by atoms with Crippen LogP contribution < -0.4 is 0 Å². The van der Waals surface area contributed by atoms with Gasteiger partial charge in [0.1, 0.15) is 19.3 Å². The average molecular weight is 857 g/mol. The number of nitrogens with zero attached hydrogens (tertiary/aromatic N) is 1. The van der Waals surface area contributed by atoms with Crippen LogP contribution >= 0.6 is 7.82 Å². The Morgan fingerprint density at radius 3 is 1.42 bits per heavy atom. The zero-order valence-electron chi connectivity index (χ0n) is 39.8. The van der Waals surface area contributed by atoms with Crippen molar-refractivity contribution in [1.82, 2.24) is 0 Å². The van der Waals surface area contributed by atoms with Gasteiger partial charge in [-0.1, -0.05) is 212 Å². The molecular formula is C50H99NO7P+. The molecule has 0 fully saturated rings. The van der Waals surface area contributed by atoms with Crippen molar-refractivity contribution in [2.75, 3.05) is 54.1 Å². The molecule has 0 amide bonds. The standard InChI is InChI=1S/C50H98NO7P/c1-6-8-10-12-14-16-18-20-22-23-24-25-26-27-28-29-30-32-34-36-38-40-42-45-55-47-49(48-57-59(53,54)56-46-44-51(3,4)5)58-50(52)43-41-39-37-35-33-31-21-19-17-15-13-11-9-7-2/h13,15,19,21,49H,6-12,14,16-18,20,22-48H2,1-5H3/p+1/b15-13-,21-19-. The minimum atomic E-state index is -4.28. The number of carbonyl (C=O) groups excluding carboxylic acids is 1. The maximum absolute atomic E-state index is 12.7. The molecule has 0 aliphatic rings. The summed E-state index contributed by atoms with van der Waals surface area (Å²) in [5, 5.41) is 0. The predicted molar refractivity (Wildman–Crippen MR) is 252 cm³/mol. The number of phosphoric ester groups is 1. The van der Waals surface area contributed by atoms with Gasteiger partial charge >= 0.3 is 13.8 Å². The van der Waals surface area contributed by atoms with Crippen molar-refractivity contribution in [2.45, 2.75) is 238 Å². The van der Waals surface area contributed by atoms with E-state index < -0.39 is 13.9 Å². The fourth-order valence-electron chi connectivity index (χ4n) is 7.10. The first kappa shape index (κ1) is 58.0. The highest BCUT2D eigenvalue weighted by molar-refractivity contribution is 7.47. The van der Waals surface area contributed by atoms with E-state index in [0.29, 0.717) is 24.1 Å². The van der Waals surface area contributed by atoms with E-state index in [2.05, 4.69) is 38.2 Å². The maximum atomic E-state index is 12.7. The third kappa shape index (κ3) is 47.9. The Labute approximate surface area is 366 Å². The lowest BCUT2D eigenvalue weighted by Gasteiger charge is -2.24. The first-order valence-corrected chi connectivity index (χ1v) is 26.6. The van der Waals surface area contributed by atoms with Gasteiger partial charge in [-0.25, -0.2) is 4.57 Å². The Kier molecular flexibility index (Phi) is 42.9. The van der Waals surface area contributed by atoms with Crippen LogP contribution in [-0.4, -0.2) is 75.6 Å². The van der Waals surface area contributed by atoms with E-state index in [1.165, 1.54) is 154 Å². The van der Waals surface area contributed by atoms with Crippen LogP contribution in [0, 0.1) is 0 Å². The Hall–Kier alpha value is -1.02. The van der Waals surface area contributed by atoms with E-state index in [0.717, 1.165) is 57.8 Å². The first-order valence-electron chi connectivity index (χ1n) is 25.1. The molecule has 350 valence electrons. The lowest BCUT2D eigenvalue weighted by Crippen LogP contribution is -2.37. The third-order valence-corrected chi connectivity index (χ3v) is 12.0. The summed E-state index contributed by atoms with van der Waals surface area (Å²) in [5.41, 5.74) is 0. The van der Waals surface area contributed by atoms with Gasteiger partial charge in [0, 0.05) is 13.0 Å². The molecule has 0 saturated carbocycles. The minimum Gasteiger partial charge on any atom is -0.457 e. The highest BCUT2D eigenvalue weighted by Gasteiger charge is 2.26. The first-order chi connectivity index (χ1) is 28.6. The van der Waals surface area contributed by atoms with Crippen LogP contribution in [0.1, 0.15) is 232 Å². The molecule has 0 spiro atoms. The molecule has 1 N–H and O–H groups in total. The molecule has 59 heavy (non-hydrogen) atoms. The molecule has 2 atom stereocenters. The van der Waals surface area contributed by atoms with Gasteiger partial charge in [0.25, 0.3) is 0 Å². The fraction of sp³-hybridized carbons (Fsp3) is 0.900. The second-order valence-corrected chi connectivity index (χ2v) is 19.7. The van der Waals surface area contributed by atoms with Gasteiger partial charge in [-0.2, -0.15) is 0 Å². The molecule has 2 unspecified atom stereocenters. The molecule has 9 heteroatoms. The van der Waals surface area contributed by atoms with E-state index in [9.17, 15) is 14.3 Å². The number of esters is 1. The molecule has 0 heterocycles. The Balaban J connectivity index is 4.07. The van der Waals surface area contributed by atoms with Crippen LogP contribution in [0.25, 0.3) is 0 Å². The van der Waals surface area contributed by atoms with Crippen molar-refractivity contribution >= 4 is 13.8 Å². The number of likely N-dealkylation sites (N-methyl/N-ethyl adjacent to an activating group) is 1.